The van der Waals surface area contributed by atoms with Crippen molar-refractivity contribution < 1.29 is 9.90 Å². The molecule has 0 atom stereocenters. The quantitative estimate of drug-likeness (QED) is 0.207. The molecular weight excluding hydrogens is 460 g/mol. The number of carbonyl (C=O) groups excluding carboxylic acids is 1. The summed E-state index contributed by atoms with van der Waals surface area (Å²) >= 11 is 0. The summed E-state index contributed by atoms with van der Waals surface area (Å²) in [5, 5.41) is 15.1. The highest BCUT2D eigenvalue weighted by Gasteiger charge is 2.04. The molecule has 188 valence electrons. The molecule has 0 aromatic heterocycles. The minimum absolute atomic E-state index is 0.00621. The number of benzene rings is 3. The molecule has 0 saturated heterocycles. The summed E-state index contributed by atoms with van der Waals surface area (Å²) in [6.07, 6.45) is 10.7. The molecule has 37 heavy (non-hydrogen) atoms. The number of aliphatic hydroxyl groups excluding tert-OH is 1. The molecule has 3 aromatic carbocycles. The second-order valence-corrected chi connectivity index (χ2v) is 8.91. The molecule has 0 fully saturated rings. The van der Waals surface area contributed by atoms with Crippen LogP contribution in [0.2, 0.25) is 0 Å². The van der Waals surface area contributed by atoms with Crippen molar-refractivity contribution >= 4 is 45.8 Å². The third-order valence-corrected chi connectivity index (χ3v) is 5.79. The summed E-state index contributed by atoms with van der Waals surface area (Å²) in [4.78, 5) is 21.4. The van der Waals surface area contributed by atoms with Gasteiger partial charge in [-0.15, -0.1) is 0 Å². The highest BCUT2D eigenvalue weighted by Crippen LogP contribution is 2.23. The number of unbranched alkanes of at least 4 members (excludes halogenated alkanes) is 2. The van der Waals surface area contributed by atoms with E-state index in [2.05, 4.69) is 34.7 Å². The van der Waals surface area contributed by atoms with Crippen LogP contribution in [-0.2, 0) is 4.79 Å². The Morgan fingerprint density at radius 2 is 1.16 bits per heavy atom. The second kappa shape index (κ2) is 13.1. The normalized spacial score (nSPS) is 12.4. The Morgan fingerprint density at radius 1 is 0.676 bits per heavy atom. The fourth-order valence-corrected chi connectivity index (χ4v) is 3.74. The molecule has 4 rings (SSSR count). The van der Waals surface area contributed by atoms with Crippen LogP contribution in [-0.4, -0.2) is 29.0 Å². The standard InChI is InChI=1S/C31H32N4O2/c1-23-6-8-24(9-7-23)32-25-10-12-26(13-11-25)33-27-14-16-28(17-15-27)34-29-18-20-30(21-19-29)35-31(37)5-3-2-4-22-36/h6-21,34,36H,2-5,22H2,1H3,(H,35,37). The Hall–Kier alpha value is -4.29. The van der Waals surface area contributed by atoms with Crippen LogP contribution >= 0.6 is 0 Å². The number of anilines is 3. The molecule has 0 saturated carbocycles. The van der Waals surface area contributed by atoms with Gasteiger partial charge in [0.25, 0.3) is 0 Å². The predicted molar refractivity (Wildman–Crippen MR) is 154 cm³/mol. The maximum absolute atomic E-state index is 12.0. The van der Waals surface area contributed by atoms with Gasteiger partial charge in [0, 0.05) is 30.1 Å². The van der Waals surface area contributed by atoms with E-state index in [4.69, 9.17) is 10.1 Å². The van der Waals surface area contributed by atoms with Crippen LogP contribution in [0.5, 0.6) is 0 Å². The van der Waals surface area contributed by atoms with E-state index in [1.807, 2.05) is 85.0 Å². The number of nitrogens with one attached hydrogen (secondary N) is 2. The molecule has 1 amide bonds. The third-order valence-electron chi connectivity index (χ3n) is 5.79. The Bertz CT molecular complexity index is 1280. The Labute approximate surface area is 218 Å². The summed E-state index contributed by atoms with van der Waals surface area (Å²) in [5.41, 5.74) is 7.43. The van der Waals surface area contributed by atoms with Crippen LogP contribution in [0.4, 0.5) is 28.4 Å². The first-order valence-electron chi connectivity index (χ1n) is 12.6. The first-order chi connectivity index (χ1) is 18.1. The van der Waals surface area contributed by atoms with Gasteiger partial charge in [0.2, 0.25) is 5.91 Å². The van der Waals surface area contributed by atoms with E-state index in [1.165, 1.54) is 5.56 Å². The molecule has 1 aliphatic rings. The third kappa shape index (κ3) is 8.40. The van der Waals surface area contributed by atoms with Crippen LogP contribution in [0.15, 0.2) is 107 Å². The molecule has 3 aromatic rings. The number of aryl methyl sites for hydroxylation is 1. The molecule has 0 unspecified atom stereocenters. The predicted octanol–water partition coefficient (Wildman–Crippen LogP) is 7.20. The highest BCUT2D eigenvalue weighted by molar-refractivity contribution is 6.19. The van der Waals surface area contributed by atoms with Crippen molar-refractivity contribution in [2.75, 3.05) is 17.2 Å². The molecule has 0 radical (unpaired) electrons. The average molecular weight is 493 g/mol. The van der Waals surface area contributed by atoms with E-state index in [-0.39, 0.29) is 12.5 Å². The Kier molecular flexibility index (Phi) is 9.16. The minimum atomic E-state index is -0.00621. The fraction of sp³-hybridized carbons (Fsp3) is 0.194. The number of amides is 1. The van der Waals surface area contributed by atoms with Crippen molar-refractivity contribution in [1.29, 1.82) is 0 Å². The Balaban J connectivity index is 1.28. The van der Waals surface area contributed by atoms with Gasteiger partial charge in [0.05, 0.1) is 22.8 Å². The fourth-order valence-electron chi connectivity index (χ4n) is 3.74. The number of allylic oxidation sites excluding steroid dienone is 4. The van der Waals surface area contributed by atoms with Gasteiger partial charge in [-0.2, -0.15) is 0 Å². The van der Waals surface area contributed by atoms with Crippen LogP contribution < -0.4 is 10.6 Å². The molecule has 1 aliphatic carbocycles. The van der Waals surface area contributed by atoms with Gasteiger partial charge >= 0.3 is 0 Å². The van der Waals surface area contributed by atoms with E-state index < -0.39 is 0 Å². The van der Waals surface area contributed by atoms with Gasteiger partial charge in [-0.1, -0.05) is 24.1 Å². The molecule has 0 spiro atoms. The first kappa shape index (κ1) is 25.8. The van der Waals surface area contributed by atoms with Crippen LogP contribution in [0.1, 0.15) is 31.2 Å². The average Bonchev–Trinajstić information content (AvgIpc) is 2.91. The number of aliphatic imine (C=N–C) groups is 2. The zero-order chi connectivity index (χ0) is 25.9. The lowest BCUT2D eigenvalue weighted by Gasteiger charge is -2.09. The molecule has 6 nitrogen and oxygen atoms in total. The number of rotatable bonds is 10. The van der Waals surface area contributed by atoms with Crippen LogP contribution in [0.25, 0.3) is 0 Å². The van der Waals surface area contributed by atoms with E-state index >= 15 is 0 Å². The van der Waals surface area contributed by atoms with Gasteiger partial charge in [-0.05, 0) is 105 Å². The van der Waals surface area contributed by atoms with Crippen molar-refractivity contribution in [2.45, 2.75) is 32.6 Å². The van der Waals surface area contributed by atoms with E-state index in [1.54, 1.807) is 0 Å². The van der Waals surface area contributed by atoms with Gasteiger partial charge in [-0.25, -0.2) is 9.98 Å². The van der Waals surface area contributed by atoms with Gasteiger partial charge in [0.1, 0.15) is 0 Å². The lowest BCUT2D eigenvalue weighted by molar-refractivity contribution is -0.116. The zero-order valence-electron chi connectivity index (χ0n) is 21.0. The molecule has 0 heterocycles. The topological polar surface area (TPSA) is 86.1 Å². The van der Waals surface area contributed by atoms with Crippen LogP contribution in [0, 0.1) is 6.92 Å². The molecule has 3 N–H and O–H groups in total. The minimum Gasteiger partial charge on any atom is -0.396 e. The zero-order valence-corrected chi connectivity index (χ0v) is 21.0. The second-order valence-electron chi connectivity index (χ2n) is 8.91. The van der Waals surface area contributed by atoms with Crippen molar-refractivity contribution in [3.63, 3.8) is 0 Å². The largest absolute Gasteiger partial charge is 0.396 e. The van der Waals surface area contributed by atoms with Crippen LogP contribution in [0.3, 0.4) is 0 Å². The van der Waals surface area contributed by atoms with E-state index in [0.717, 1.165) is 59.1 Å². The SMILES string of the molecule is Cc1ccc(N=C2C=CC(=Nc3ccc(Nc4ccc(NC(=O)CCCCCO)cc4)cc3)C=C2)cc1. The Morgan fingerprint density at radius 3 is 1.70 bits per heavy atom. The van der Waals surface area contributed by atoms with Crippen molar-refractivity contribution in [3.05, 3.63) is 103 Å². The lowest BCUT2D eigenvalue weighted by Crippen LogP contribution is -2.11. The maximum Gasteiger partial charge on any atom is 0.224 e. The lowest BCUT2D eigenvalue weighted by atomic mass is 10.1. The summed E-state index contributed by atoms with van der Waals surface area (Å²) in [6, 6.07) is 23.7. The number of nitrogens with zero attached hydrogens (tertiary/aromatic N) is 2. The number of hydrogen-bond donors (Lipinski definition) is 3. The van der Waals surface area contributed by atoms with Gasteiger partial charge in [-0.3, -0.25) is 4.79 Å². The molecule has 0 bridgehead atoms. The van der Waals surface area contributed by atoms with E-state index in [0.29, 0.717) is 6.42 Å². The number of aliphatic hydroxyl groups is 1. The summed E-state index contributed by atoms with van der Waals surface area (Å²) < 4.78 is 0. The van der Waals surface area contributed by atoms with Crippen molar-refractivity contribution in [2.24, 2.45) is 9.98 Å². The monoisotopic (exact) mass is 492 g/mol. The summed E-state index contributed by atoms with van der Waals surface area (Å²) in [6.45, 7) is 2.24. The van der Waals surface area contributed by atoms with Crippen molar-refractivity contribution in [3.8, 4) is 0 Å². The van der Waals surface area contributed by atoms with E-state index in [9.17, 15) is 4.79 Å². The number of carbonyl (C=O) groups is 1. The summed E-state index contributed by atoms with van der Waals surface area (Å²) in [7, 11) is 0. The molecule has 0 aliphatic heterocycles. The smallest absolute Gasteiger partial charge is 0.224 e. The molecule has 6 heteroatoms. The summed E-state index contributed by atoms with van der Waals surface area (Å²) in [5.74, 6) is -0.00621. The molecular formula is C31H32N4O2. The van der Waals surface area contributed by atoms with Gasteiger partial charge < -0.3 is 15.7 Å². The first-order valence-corrected chi connectivity index (χ1v) is 12.6. The maximum atomic E-state index is 12.0. The van der Waals surface area contributed by atoms with Gasteiger partial charge in [0.15, 0.2) is 0 Å². The number of hydrogen-bond acceptors (Lipinski definition) is 5. The highest BCUT2D eigenvalue weighted by atomic mass is 16.2. The van der Waals surface area contributed by atoms with Crippen molar-refractivity contribution in [1.82, 2.24) is 0 Å².